The van der Waals surface area contributed by atoms with Gasteiger partial charge in [0.25, 0.3) is 5.56 Å². The van der Waals surface area contributed by atoms with Gasteiger partial charge in [-0.05, 0) is 42.5 Å². The van der Waals surface area contributed by atoms with Crippen LogP contribution in [0.25, 0.3) is 11.1 Å². The second-order valence-corrected chi connectivity index (χ2v) is 5.83. The lowest BCUT2D eigenvalue weighted by Gasteiger charge is -2.16. The second kappa shape index (κ2) is 6.08. The maximum Gasteiger partial charge on any atom is 0.253 e. The van der Waals surface area contributed by atoms with Gasteiger partial charge in [-0.1, -0.05) is 0 Å². The van der Waals surface area contributed by atoms with E-state index in [1.54, 1.807) is 25.8 Å². The van der Waals surface area contributed by atoms with Crippen LogP contribution in [0.3, 0.4) is 0 Å². The predicted octanol–water partition coefficient (Wildman–Crippen LogP) is 2.02. The molecule has 5 heteroatoms. The molecule has 1 aromatic heterocycles. The Labute approximate surface area is 135 Å². The molecular formula is C18H22N2O3. The molecule has 0 bridgehead atoms. The van der Waals surface area contributed by atoms with Gasteiger partial charge in [-0.3, -0.25) is 4.79 Å². The lowest BCUT2D eigenvalue weighted by atomic mass is 9.97. The molecule has 5 nitrogen and oxygen atoms in total. The molecule has 3 rings (SSSR count). The number of benzene rings is 1. The van der Waals surface area contributed by atoms with Crippen LogP contribution in [-0.2, 0) is 26.4 Å². The molecule has 1 aliphatic carbocycles. The first kappa shape index (κ1) is 15.6. The number of hydrogen-bond acceptors (Lipinski definition) is 4. The highest BCUT2D eigenvalue weighted by Crippen LogP contribution is 2.37. The zero-order chi connectivity index (χ0) is 16.6. The van der Waals surface area contributed by atoms with E-state index in [4.69, 9.17) is 15.2 Å². The lowest BCUT2D eigenvalue weighted by Crippen LogP contribution is -2.21. The SMILES string of the molecule is COc1cc(-c2cn(C)c(=O)c3c2CCC3)cc(OC)c1CN. The minimum atomic E-state index is 0.110. The molecule has 0 spiro atoms. The molecule has 1 heterocycles. The number of ether oxygens (including phenoxy) is 2. The van der Waals surface area contributed by atoms with Crippen molar-refractivity contribution >= 4 is 0 Å². The number of nitrogens with zero attached hydrogens (tertiary/aromatic N) is 1. The van der Waals surface area contributed by atoms with Crippen LogP contribution >= 0.6 is 0 Å². The van der Waals surface area contributed by atoms with Gasteiger partial charge in [0.15, 0.2) is 0 Å². The van der Waals surface area contributed by atoms with E-state index in [0.717, 1.165) is 47.1 Å². The van der Waals surface area contributed by atoms with Gasteiger partial charge >= 0.3 is 0 Å². The third-order valence-corrected chi connectivity index (χ3v) is 4.57. The predicted molar refractivity (Wildman–Crippen MR) is 90.1 cm³/mol. The van der Waals surface area contributed by atoms with Crippen molar-refractivity contribution < 1.29 is 9.47 Å². The van der Waals surface area contributed by atoms with Crippen LogP contribution in [0.1, 0.15) is 23.1 Å². The largest absolute Gasteiger partial charge is 0.496 e. The molecule has 0 aliphatic heterocycles. The van der Waals surface area contributed by atoms with E-state index in [0.29, 0.717) is 18.0 Å². The average Bonchev–Trinajstić information content (AvgIpc) is 3.06. The maximum absolute atomic E-state index is 12.3. The van der Waals surface area contributed by atoms with Gasteiger partial charge in [-0.15, -0.1) is 0 Å². The minimum Gasteiger partial charge on any atom is -0.496 e. The van der Waals surface area contributed by atoms with Crippen LogP contribution in [0.15, 0.2) is 23.1 Å². The van der Waals surface area contributed by atoms with E-state index >= 15 is 0 Å². The second-order valence-electron chi connectivity index (χ2n) is 5.83. The number of fused-ring (bicyclic) bond motifs is 1. The monoisotopic (exact) mass is 314 g/mol. The lowest BCUT2D eigenvalue weighted by molar-refractivity contribution is 0.386. The summed E-state index contributed by atoms with van der Waals surface area (Å²) < 4.78 is 12.6. The van der Waals surface area contributed by atoms with Crippen molar-refractivity contribution in [1.29, 1.82) is 0 Å². The summed E-state index contributed by atoms with van der Waals surface area (Å²) in [5.74, 6) is 1.42. The molecule has 0 fully saturated rings. The summed E-state index contributed by atoms with van der Waals surface area (Å²) in [5, 5.41) is 0. The molecule has 1 aromatic carbocycles. The Morgan fingerprint density at radius 1 is 1.13 bits per heavy atom. The van der Waals surface area contributed by atoms with Gasteiger partial charge in [0.1, 0.15) is 11.5 Å². The number of pyridine rings is 1. The smallest absolute Gasteiger partial charge is 0.253 e. The third-order valence-electron chi connectivity index (χ3n) is 4.57. The van der Waals surface area contributed by atoms with Crippen LogP contribution in [0.5, 0.6) is 11.5 Å². The van der Waals surface area contributed by atoms with Gasteiger partial charge in [-0.25, -0.2) is 0 Å². The summed E-state index contributed by atoms with van der Waals surface area (Å²) in [6.45, 7) is 0.345. The fourth-order valence-corrected chi connectivity index (χ4v) is 3.41. The molecule has 23 heavy (non-hydrogen) atoms. The summed E-state index contributed by atoms with van der Waals surface area (Å²) in [5.41, 5.74) is 10.9. The number of methoxy groups -OCH3 is 2. The Morgan fingerprint density at radius 2 is 1.74 bits per heavy atom. The molecular weight excluding hydrogens is 292 g/mol. The Kier molecular flexibility index (Phi) is 4.13. The van der Waals surface area contributed by atoms with Gasteiger partial charge < -0.3 is 19.8 Å². The Balaban J connectivity index is 2.26. The van der Waals surface area contributed by atoms with Crippen molar-refractivity contribution in [3.63, 3.8) is 0 Å². The fraction of sp³-hybridized carbons (Fsp3) is 0.389. The number of nitrogens with two attached hydrogens (primary N) is 1. The van der Waals surface area contributed by atoms with Gasteiger partial charge in [0, 0.05) is 36.5 Å². The first-order chi connectivity index (χ1) is 11.1. The third kappa shape index (κ3) is 2.51. The Hall–Kier alpha value is -2.27. The molecule has 2 aromatic rings. The fourth-order valence-electron chi connectivity index (χ4n) is 3.41. The van der Waals surface area contributed by atoms with Gasteiger partial charge in [0.2, 0.25) is 0 Å². The maximum atomic E-state index is 12.3. The molecule has 122 valence electrons. The van der Waals surface area contributed by atoms with E-state index in [1.807, 2.05) is 18.3 Å². The number of hydrogen-bond donors (Lipinski definition) is 1. The highest BCUT2D eigenvalue weighted by Gasteiger charge is 2.22. The molecule has 1 aliphatic rings. The van der Waals surface area contributed by atoms with Crippen molar-refractivity contribution in [3.05, 3.63) is 45.4 Å². The first-order valence-electron chi connectivity index (χ1n) is 7.77. The zero-order valence-electron chi connectivity index (χ0n) is 13.8. The number of aromatic nitrogens is 1. The summed E-state index contributed by atoms with van der Waals surface area (Å²) in [7, 11) is 5.05. The van der Waals surface area contributed by atoms with Crippen molar-refractivity contribution in [2.75, 3.05) is 14.2 Å². The molecule has 0 saturated carbocycles. The van der Waals surface area contributed by atoms with Crippen LogP contribution in [-0.4, -0.2) is 18.8 Å². The van der Waals surface area contributed by atoms with Crippen molar-refractivity contribution in [3.8, 4) is 22.6 Å². The van der Waals surface area contributed by atoms with E-state index in [2.05, 4.69) is 0 Å². The van der Waals surface area contributed by atoms with Gasteiger partial charge in [0.05, 0.1) is 14.2 Å². The number of aryl methyl sites for hydroxylation is 1. The molecule has 0 unspecified atom stereocenters. The Morgan fingerprint density at radius 3 is 2.30 bits per heavy atom. The van der Waals surface area contributed by atoms with E-state index in [9.17, 15) is 4.79 Å². The summed E-state index contributed by atoms with van der Waals surface area (Å²) in [4.78, 5) is 12.3. The van der Waals surface area contributed by atoms with Crippen molar-refractivity contribution in [1.82, 2.24) is 4.57 Å². The van der Waals surface area contributed by atoms with Crippen molar-refractivity contribution in [2.24, 2.45) is 12.8 Å². The minimum absolute atomic E-state index is 0.110. The molecule has 0 radical (unpaired) electrons. The zero-order valence-corrected chi connectivity index (χ0v) is 13.8. The Bertz CT molecular complexity index is 784. The molecule has 0 amide bonds. The van der Waals surface area contributed by atoms with Crippen LogP contribution in [0, 0.1) is 0 Å². The summed E-state index contributed by atoms with van der Waals surface area (Å²) >= 11 is 0. The highest BCUT2D eigenvalue weighted by molar-refractivity contribution is 5.73. The quantitative estimate of drug-likeness (QED) is 0.937. The van der Waals surface area contributed by atoms with Crippen molar-refractivity contribution in [2.45, 2.75) is 25.8 Å². The van der Waals surface area contributed by atoms with E-state index in [1.165, 1.54) is 0 Å². The summed E-state index contributed by atoms with van der Waals surface area (Å²) in [6.07, 6.45) is 4.72. The highest BCUT2D eigenvalue weighted by atomic mass is 16.5. The first-order valence-corrected chi connectivity index (χ1v) is 7.77. The van der Waals surface area contributed by atoms with Crippen LogP contribution < -0.4 is 20.8 Å². The molecule has 0 saturated heterocycles. The van der Waals surface area contributed by atoms with Gasteiger partial charge in [-0.2, -0.15) is 0 Å². The van der Waals surface area contributed by atoms with Crippen LogP contribution in [0.2, 0.25) is 0 Å². The standard InChI is InChI=1S/C18H22N2O3/c1-20-10-15(12-5-4-6-13(12)18(20)21)11-7-16(22-2)14(9-19)17(8-11)23-3/h7-8,10H,4-6,9,19H2,1-3H3. The molecule has 2 N–H and O–H groups in total. The number of rotatable bonds is 4. The van der Waals surface area contributed by atoms with E-state index in [-0.39, 0.29) is 5.56 Å². The normalized spacial score (nSPS) is 13.0. The van der Waals surface area contributed by atoms with E-state index < -0.39 is 0 Å². The molecule has 0 atom stereocenters. The topological polar surface area (TPSA) is 66.5 Å². The van der Waals surface area contributed by atoms with Crippen LogP contribution in [0.4, 0.5) is 0 Å². The summed E-state index contributed by atoms with van der Waals surface area (Å²) in [6, 6.07) is 3.95. The average molecular weight is 314 g/mol.